The molecule has 1 fully saturated rings. The zero-order valence-corrected chi connectivity index (χ0v) is 7.97. The molecule has 3 nitrogen and oxygen atoms in total. The van der Waals surface area contributed by atoms with E-state index in [9.17, 15) is 0 Å². The first-order valence-electron chi connectivity index (χ1n) is 4.37. The Kier molecular flexibility index (Phi) is 2.00. The molecule has 0 radical (unpaired) electrons. The zero-order chi connectivity index (χ0) is 8.55. The van der Waals surface area contributed by atoms with Crippen molar-refractivity contribution in [2.75, 3.05) is 0 Å². The van der Waals surface area contributed by atoms with Crippen molar-refractivity contribution in [3.63, 3.8) is 0 Å². The molecule has 0 bridgehead atoms. The van der Waals surface area contributed by atoms with E-state index in [0.29, 0.717) is 0 Å². The normalized spacial score (nSPS) is 19.4. The van der Waals surface area contributed by atoms with Gasteiger partial charge in [-0.15, -0.1) is 0 Å². The molecule has 0 spiro atoms. The van der Waals surface area contributed by atoms with Gasteiger partial charge in [-0.1, -0.05) is 6.92 Å². The Bertz CT molecular complexity index is 310. The van der Waals surface area contributed by atoms with Crippen molar-refractivity contribution in [2.45, 2.75) is 26.3 Å². The van der Waals surface area contributed by atoms with E-state index in [1.165, 1.54) is 12.8 Å². The minimum absolute atomic E-state index is 0.738. The summed E-state index contributed by atoms with van der Waals surface area (Å²) in [6, 6.07) is 0. The van der Waals surface area contributed by atoms with Crippen LogP contribution in [0.4, 0.5) is 0 Å². The highest BCUT2D eigenvalue weighted by molar-refractivity contribution is 7.71. The number of H-pyrrole nitrogens is 1. The van der Waals surface area contributed by atoms with Gasteiger partial charge < -0.3 is 4.57 Å². The van der Waals surface area contributed by atoms with Crippen LogP contribution in [0, 0.1) is 16.6 Å². The standard InChI is InChI=1S/C8H13N3S/c1-6(7-2-3-7)4-11-5-9-10-8(11)12/h5-7H,2-4H2,1H3,(H,10,12). The number of aromatic amines is 1. The fraction of sp³-hybridized carbons (Fsp3) is 0.750. The van der Waals surface area contributed by atoms with Crippen molar-refractivity contribution in [2.24, 2.45) is 11.8 Å². The molecule has 1 aromatic rings. The van der Waals surface area contributed by atoms with Crippen molar-refractivity contribution < 1.29 is 0 Å². The largest absolute Gasteiger partial charge is 0.306 e. The van der Waals surface area contributed by atoms with Crippen LogP contribution < -0.4 is 0 Å². The molecule has 0 aromatic carbocycles. The van der Waals surface area contributed by atoms with E-state index in [1.54, 1.807) is 6.33 Å². The average Bonchev–Trinajstić information content (AvgIpc) is 2.80. The van der Waals surface area contributed by atoms with E-state index >= 15 is 0 Å². The second kappa shape index (κ2) is 3.01. The maximum Gasteiger partial charge on any atom is 0.194 e. The number of nitrogens with zero attached hydrogens (tertiary/aromatic N) is 2. The van der Waals surface area contributed by atoms with Crippen molar-refractivity contribution in [3.05, 3.63) is 11.1 Å². The van der Waals surface area contributed by atoms with Crippen molar-refractivity contribution in [1.29, 1.82) is 0 Å². The fourth-order valence-corrected chi connectivity index (χ4v) is 1.70. The van der Waals surface area contributed by atoms with Crippen LogP contribution in [0.15, 0.2) is 6.33 Å². The predicted octanol–water partition coefficient (Wildman–Crippen LogP) is 1.99. The van der Waals surface area contributed by atoms with Crippen LogP contribution in [0.25, 0.3) is 0 Å². The molecule has 0 amide bonds. The Balaban J connectivity index is 2.02. The Morgan fingerprint density at radius 2 is 2.58 bits per heavy atom. The number of hydrogen-bond acceptors (Lipinski definition) is 2. The van der Waals surface area contributed by atoms with E-state index in [-0.39, 0.29) is 0 Å². The van der Waals surface area contributed by atoms with Crippen molar-refractivity contribution in [1.82, 2.24) is 14.8 Å². The van der Waals surface area contributed by atoms with Crippen LogP contribution in [-0.2, 0) is 6.54 Å². The third-order valence-electron chi connectivity index (χ3n) is 2.53. The summed E-state index contributed by atoms with van der Waals surface area (Å²) < 4.78 is 2.75. The minimum Gasteiger partial charge on any atom is -0.306 e. The summed E-state index contributed by atoms with van der Waals surface area (Å²) in [6.45, 7) is 3.30. The summed E-state index contributed by atoms with van der Waals surface area (Å²) in [5.74, 6) is 1.68. The van der Waals surface area contributed by atoms with Crippen LogP contribution in [0.5, 0.6) is 0 Å². The van der Waals surface area contributed by atoms with Crippen molar-refractivity contribution >= 4 is 12.2 Å². The molecule has 0 aliphatic heterocycles. The molecule has 2 rings (SSSR count). The summed E-state index contributed by atoms with van der Waals surface area (Å²) in [7, 11) is 0. The summed E-state index contributed by atoms with van der Waals surface area (Å²) in [6.07, 6.45) is 4.57. The van der Waals surface area contributed by atoms with Gasteiger partial charge in [0.2, 0.25) is 0 Å². The van der Waals surface area contributed by atoms with Crippen LogP contribution in [-0.4, -0.2) is 14.8 Å². The summed E-state index contributed by atoms with van der Waals surface area (Å²) in [5, 5.41) is 6.65. The monoisotopic (exact) mass is 183 g/mol. The van der Waals surface area contributed by atoms with Gasteiger partial charge >= 0.3 is 0 Å². The highest BCUT2D eigenvalue weighted by atomic mass is 32.1. The highest BCUT2D eigenvalue weighted by Gasteiger charge is 2.27. The molecule has 1 saturated carbocycles. The number of rotatable bonds is 3. The Hall–Kier alpha value is -0.640. The van der Waals surface area contributed by atoms with Gasteiger partial charge in [-0.3, -0.25) is 5.10 Å². The molecule has 4 heteroatoms. The van der Waals surface area contributed by atoms with Gasteiger partial charge in [0.05, 0.1) is 0 Å². The van der Waals surface area contributed by atoms with Gasteiger partial charge in [0.15, 0.2) is 4.77 Å². The molecule has 12 heavy (non-hydrogen) atoms. The van der Waals surface area contributed by atoms with Crippen LogP contribution in [0.1, 0.15) is 19.8 Å². The number of nitrogens with one attached hydrogen (secondary N) is 1. The SMILES string of the molecule is CC(Cn1cn[nH]c1=S)C1CC1. The van der Waals surface area contributed by atoms with E-state index in [0.717, 1.165) is 23.2 Å². The van der Waals surface area contributed by atoms with Gasteiger partial charge in [0.1, 0.15) is 6.33 Å². The number of hydrogen-bond donors (Lipinski definition) is 1. The Morgan fingerprint density at radius 3 is 3.08 bits per heavy atom. The quantitative estimate of drug-likeness (QED) is 0.727. The second-order valence-electron chi connectivity index (χ2n) is 3.63. The third-order valence-corrected chi connectivity index (χ3v) is 2.86. The lowest BCUT2D eigenvalue weighted by molar-refractivity contribution is 0.427. The first kappa shape index (κ1) is 7.98. The lowest BCUT2D eigenvalue weighted by atomic mass is 10.1. The van der Waals surface area contributed by atoms with Gasteiger partial charge in [-0.2, -0.15) is 5.10 Å². The van der Waals surface area contributed by atoms with Gasteiger partial charge in [-0.25, -0.2) is 0 Å². The summed E-state index contributed by atoms with van der Waals surface area (Å²) >= 11 is 5.06. The minimum atomic E-state index is 0.738. The fourth-order valence-electron chi connectivity index (χ4n) is 1.53. The van der Waals surface area contributed by atoms with Gasteiger partial charge in [0.25, 0.3) is 0 Å². The first-order valence-corrected chi connectivity index (χ1v) is 4.78. The number of aromatic nitrogens is 3. The van der Waals surface area contributed by atoms with Crippen LogP contribution in [0.3, 0.4) is 0 Å². The predicted molar refractivity (Wildman–Crippen MR) is 49.3 cm³/mol. The topological polar surface area (TPSA) is 33.6 Å². The highest BCUT2D eigenvalue weighted by Crippen LogP contribution is 2.37. The molecule has 1 atom stereocenters. The second-order valence-corrected chi connectivity index (χ2v) is 4.02. The molecule has 1 aliphatic rings. The molecular formula is C8H13N3S. The maximum atomic E-state index is 5.06. The lowest BCUT2D eigenvalue weighted by Gasteiger charge is -2.09. The van der Waals surface area contributed by atoms with Gasteiger partial charge in [-0.05, 0) is 36.9 Å². The third kappa shape index (κ3) is 1.58. The smallest absolute Gasteiger partial charge is 0.194 e. The molecule has 1 aromatic heterocycles. The van der Waals surface area contributed by atoms with E-state index in [1.807, 2.05) is 4.57 Å². The zero-order valence-electron chi connectivity index (χ0n) is 7.16. The maximum absolute atomic E-state index is 5.06. The summed E-state index contributed by atoms with van der Waals surface area (Å²) in [5.41, 5.74) is 0. The summed E-state index contributed by atoms with van der Waals surface area (Å²) in [4.78, 5) is 0. The molecule has 1 N–H and O–H groups in total. The Labute approximate surface area is 76.8 Å². The molecule has 1 aliphatic carbocycles. The first-order chi connectivity index (χ1) is 5.77. The molecular weight excluding hydrogens is 170 g/mol. The van der Waals surface area contributed by atoms with Crippen LogP contribution >= 0.6 is 12.2 Å². The van der Waals surface area contributed by atoms with E-state index in [4.69, 9.17) is 12.2 Å². The molecule has 66 valence electrons. The lowest BCUT2D eigenvalue weighted by Crippen LogP contribution is -2.08. The molecule has 1 heterocycles. The molecule has 0 saturated heterocycles. The van der Waals surface area contributed by atoms with Gasteiger partial charge in [0, 0.05) is 6.54 Å². The van der Waals surface area contributed by atoms with Crippen LogP contribution in [0.2, 0.25) is 0 Å². The Morgan fingerprint density at radius 1 is 1.83 bits per heavy atom. The van der Waals surface area contributed by atoms with E-state index in [2.05, 4.69) is 17.1 Å². The van der Waals surface area contributed by atoms with Crippen molar-refractivity contribution in [3.8, 4) is 0 Å². The molecule has 1 unspecified atom stereocenters. The van der Waals surface area contributed by atoms with E-state index < -0.39 is 0 Å². The average molecular weight is 183 g/mol.